The number of nitrogens with one attached hydrogen (secondary N) is 1. The second kappa shape index (κ2) is 9.47. The van der Waals surface area contributed by atoms with Crippen molar-refractivity contribution in [1.29, 1.82) is 0 Å². The standard InChI is InChI=1S/C23H28N4O2/c1-4-26(5-2)20(18-11-7-6-8-12-18)14-24-21(28)15-27-16-25-22-17(3)10-9-13-19(22)23(27)29/h6-13,16,20H,4-5,14-15H2,1-3H3,(H,24,28). The third-order valence-electron chi connectivity index (χ3n) is 5.30. The molecule has 0 aliphatic carbocycles. The summed E-state index contributed by atoms with van der Waals surface area (Å²) in [6.45, 7) is 8.36. The summed E-state index contributed by atoms with van der Waals surface area (Å²) in [7, 11) is 0. The van der Waals surface area contributed by atoms with Crippen LogP contribution in [0.25, 0.3) is 10.9 Å². The normalized spacial score (nSPS) is 12.3. The van der Waals surface area contributed by atoms with Crippen LogP contribution in [0, 0.1) is 6.92 Å². The monoisotopic (exact) mass is 392 g/mol. The molecule has 6 heteroatoms. The molecule has 3 rings (SSSR count). The first-order valence-corrected chi connectivity index (χ1v) is 10.1. The number of benzene rings is 2. The van der Waals surface area contributed by atoms with E-state index in [2.05, 4.69) is 41.2 Å². The lowest BCUT2D eigenvalue weighted by molar-refractivity contribution is -0.122. The first kappa shape index (κ1) is 20.7. The number of fused-ring (bicyclic) bond motifs is 1. The minimum absolute atomic E-state index is 0.0462. The van der Waals surface area contributed by atoms with E-state index in [0.29, 0.717) is 17.4 Å². The van der Waals surface area contributed by atoms with E-state index < -0.39 is 0 Å². The van der Waals surface area contributed by atoms with Crippen LogP contribution in [0.4, 0.5) is 0 Å². The molecule has 0 saturated heterocycles. The number of amides is 1. The van der Waals surface area contributed by atoms with Crippen molar-refractivity contribution in [3.8, 4) is 0 Å². The molecule has 1 heterocycles. The summed E-state index contributed by atoms with van der Waals surface area (Å²) in [6.07, 6.45) is 1.45. The minimum atomic E-state index is -0.200. The van der Waals surface area contributed by atoms with Crippen LogP contribution in [0.15, 0.2) is 59.7 Å². The maximum absolute atomic E-state index is 12.7. The quantitative estimate of drug-likeness (QED) is 0.640. The van der Waals surface area contributed by atoms with Gasteiger partial charge in [-0.05, 0) is 37.2 Å². The van der Waals surface area contributed by atoms with Gasteiger partial charge in [0.05, 0.1) is 23.3 Å². The lowest BCUT2D eigenvalue weighted by Gasteiger charge is -2.30. The van der Waals surface area contributed by atoms with Gasteiger partial charge in [-0.25, -0.2) is 4.98 Å². The summed E-state index contributed by atoms with van der Waals surface area (Å²) in [5.74, 6) is -0.200. The molecule has 0 bridgehead atoms. The summed E-state index contributed by atoms with van der Waals surface area (Å²) < 4.78 is 1.37. The summed E-state index contributed by atoms with van der Waals surface area (Å²) in [5, 5.41) is 3.53. The van der Waals surface area contributed by atoms with E-state index in [-0.39, 0.29) is 24.1 Å². The fourth-order valence-electron chi connectivity index (χ4n) is 3.67. The van der Waals surface area contributed by atoms with Gasteiger partial charge in [-0.1, -0.05) is 56.3 Å². The number of aromatic nitrogens is 2. The molecule has 1 unspecified atom stereocenters. The third-order valence-corrected chi connectivity index (χ3v) is 5.30. The number of nitrogens with zero attached hydrogens (tertiary/aromatic N) is 3. The second-order valence-corrected chi connectivity index (χ2v) is 7.10. The van der Waals surface area contributed by atoms with Crippen molar-refractivity contribution in [2.24, 2.45) is 0 Å². The van der Waals surface area contributed by atoms with Gasteiger partial charge in [0.25, 0.3) is 5.56 Å². The lowest BCUT2D eigenvalue weighted by atomic mass is 10.1. The lowest BCUT2D eigenvalue weighted by Crippen LogP contribution is -2.40. The van der Waals surface area contributed by atoms with Crippen LogP contribution in [0.3, 0.4) is 0 Å². The van der Waals surface area contributed by atoms with Crippen LogP contribution in [-0.4, -0.2) is 40.0 Å². The summed E-state index contributed by atoms with van der Waals surface area (Å²) in [4.78, 5) is 32.0. The molecular formula is C23H28N4O2. The maximum Gasteiger partial charge on any atom is 0.261 e. The van der Waals surface area contributed by atoms with Gasteiger partial charge in [0.1, 0.15) is 6.54 Å². The molecular weight excluding hydrogens is 364 g/mol. The molecule has 0 aliphatic heterocycles. The number of hydrogen-bond acceptors (Lipinski definition) is 4. The largest absolute Gasteiger partial charge is 0.353 e. The predicted molar refractivity (Wildman–Crippen MR) is 116 cm³/mol. The second-order valence-electron chi connectivity index (χ2n) is 7.10. The Balaban J connectivity index is 1.73. The molecule has 1 atom stereocenters. The zero-order valence-corrected chi connectivity index (χ0v) is 17.3. The van der Waals surface area contributed by atoms with E-state index in [4.69, 9.17) is 0 Å². The number of likely N-dealkylation sites (N-methyl/N-ethyl adjacent to an activating group) is 1. The van der Waals surface area contributed by atoms with Crippen molar-refractivity contribution in [3.63, 3.8) is 0 Å². The fourth-order valence-corrected chi connectivity index (χ4v) is 3.67. The topological polar surface area (TPSA) is 67.2 Å². The molecule has 6 nitrogen and oxygen atoms in total. The highest BCUT2D eigenvalue weighted by molar-refractivity contribution is 5.81. The van der Waals surface area contributed by atoms with E-state index in [1.54, 1.807) is 6.07 Å². The average Bonchev–Trinajstić information content (AvgIpc) is 2.74. The van der Waals surface area contributed by atoms with Crippen LogP contribution in [-0.2, 0) is 11.3 Å². The van der Waals surface area contributed by atoms with Crippen molar-refractivity contribution in [3.05, 3.63) is 76.3 Å². The van der Waals surface area contributed by atoms with Crippen molar-refractivity contribution in [1.82, 2.24) is 19.8 Å². The predicted octanol–water partition coefficient (Wildman–Crippen LogP) is 2.90. The van der Waals surface area contributed by atoms with Gasteiger partial charge in [-0.3, -0.25) is 19.1 Å². The average molecular weight is 393 g/mol. The molecule has 152 valence electrons. The molecule has 1 N–H and O–H groups in total. The molecule has 0 spiro atoms. The van der Waals surface area contributed by atoms with Crippen LogP contribution in [0.1, 0.15) is 31.0 Å². The smallest absolute Gasteiger partial charge is 0.261 e. The van der Waals surface area contributed by atoms with Crippen molar-refractivity contribution in [2.75, 3.05) is 19.6 Å². The Kier molecular flexibility index (Phi) is 6.77. The van der Waals surface area contributed by atoms with Crippen molar-refractivity contribution in [2.45, 2.75) is 33.4 Å². The number of carbonyl (C=O) groups excluding carboxylic acids is 1. The number of carbonyl (C=O) groups is 1. The van der Waals surface area contributed by atoms with E-state index in [1.165, 1.54) is 10.9 Å². The SMILES string of the molecule is CCN(CC)C(CNC(=O)Cn1cnc2c(C)cccc2c1=O)c1ccccc1. The number of rotatable bonds is 8. The highest BCUT2D eigenvalue weighted by atomic mass is 16.2. The molecule has 0 aliphatic rings. The molecule has 29 heavy (non-hydrogen) atoms. The van der Waals surface area contributed by atoms with E-state index in [9.17, 15) is 9.59 Å². The van der Waals surface area contributed by atoms with Crippen LogP contribution in [0.2, 0.25) is 0 Å². The van der Waals surface area contributed by atoms with E-state index in [1.807, 2.05) is 37.3 Å². The Morgan fingerprint density at radius 2 is 1.83 bits per heavy atom. The zero-order chi connectivity index (χ0) is 20.8. The molecule has 0 fully saturated rings. The third kappa shape index (κ3) is 4.71. The number of aryl methyl sites for hydroxylation is 1. The van der Waals surface area contributed by atoms with Crippen molar-refractivity contribution >= 4 is 16.8 Å². The van der Waals surface area contributed by atoms with Crippen LogP contribution in [0.5, 0.6) is 0 Å². The van der Waals surface area contributed by atoms with Crippen LogP contribution < -0.4 is 10.9 Å². The minimum Gasteiger partial charge on any atom is -0.353 e. The summed E-state index contributed by atoms with van der Waals surface area (Å²) in [6, 6.07) is 15.8. The highest BCUT2D eigenvalue weighted by Crippen LogP contribution is 2.19. The number of hydrogen-bond donors (Lipinski definition) is 1. The van der Waals surface area contributed by atoms with Crippen molar-refractivity contribution < 1.29 is 4.79 Å². The van der Waals surface area contributed by atoms with Gasteiger partial charge in [0, 0.05) is 6.54 Å². The van der Waals surface area contributed by atoms with Gasteiger partial charge in [-0.15, -0.1) is 0 Å². The van der Waals surface area contributed by atoms with Gasteiger partial charge in [-0.2, -0.15) is 0 Å². The molecule has 0 radical (unpaired) electrons. The zero-order valence-electron chi connectivity index (χ0n) is 17.3. The molecule has 1 amide bonds. The van der Waals surface area contributed by atoms with Gasteiger partial charge in [0.15, 0.2) is 0 Å². The highest BCUT2D eigenvalue weighted by Gasteiger charge is 2.19. The molecule has 1 aromatic heterocycles. The van der Waals surface area contributed by atoms with Crippen LogP contribution >= 0.6 is 0 Å². The maximum atomic E-state index is 12.7. The Labute approximate surface area is 171 Å². The Bertz CT molecular complexity index is 1030. The van der Waals surface area contributed by atoms with Gasteiger partial charge >= 0.3 is 0 Å². The molecule has 3 aromatic rings. The van der Waals surface area contributed by atoms with Gasteiger partial charge < -0.3 is 5.32 Å². The first-order chi connectivity index (χ1) is 14.0. The summed E-state index contributed by atoms with van der Waals surface area (Å²) in [5.41, 5.74) is 2.59. The summed E-state index contributed by atoms with van der Waals surface area (Å²) >= 11 is 0. The Morgan fingerprint density at radius 3 is 2.52 bits per heavy atom. The first-order valence-electron chi connectivity index (χ1n) is 10.1. The van der Waals surface area contributed by atoms with E-state index >= 15 is 0 Å². The number of para-hydroxylation sites is 1. The van der Waals surface area contributed by atoms with Gasteiger partial charge in [0.2, 0.25) is 5.91 Å². The van der Waals surface area contributed by atoms with E-state index in [0.717, 1.165) is 24.2 Å². The molecule has 2 aromatic carbocycles. The Morgan fingerprint density at radius 1 is 1.10 bits per heavy atom. The fraction of sp³-hybridized carbons (Fsp3) is 0.348. The Hall–Kier alpha value is -2.99. The molecule has 0 saturated carbocycles.